The van der Waals surface area contributed by atoms with Gasteiger partial charge in [-0.15, -0.1) is 11.3 Å². The van der Waals surface area contributed by atoms with Crippen molar-refractivity contribution in [2.75, 3.05) is 0 Å². The number of thiophene rings is 1. The fourth-order valence-electron chi connectivity index (χ4n) is 2.62. The number of aryl methyl sites for hydroxylation is 2. The number of nitrogens with zero attached hydrogens (tertiary/aromatic N) is 4. The van der Waals surface area contributed by atoms with Crippen LogP contribution in [0.4, 0.5) is 13.2 Å². The average Bonchev–Trinajstić information content (AvgIpc) is 2.99. The summed E-state index contributed by atoms with van der Waals surface area (Å²) in [5, 5.41) is 9.59. The highest BCUT2D eigenvalue weighted by Gasteiger charge is 2.41. The highest BCUT2D eigenvalue weighted by Crippen LogP contribution is 2.47. The van der Waals surface area contributed by atoms with E-state index in [2.05, 4.69) is 31.2 Å². The Labute approximate surface area is 153 Å². The van der Waals surface area contributed by atoms with Gasteiger partial charge in [-0.2, -0.15) is 23.3 Å². The Morgan fingerprint density at radius 1 is 1.36 bits per heavy atom. The first kappa shape index (κ1) is 16.8. The van der Waals surface area contributed by atoms with Crippen molar-refractivity contribution >= 4 is 27.3 Å². The van der Waals surface area contributed by atoms with Crippen LogP contribution in [0.25, 0.3) is 10.7 Å². The molecular formula is C15H12BrF3N4OS. The molecule has 4 rings (SSSR count). The topological polar surface area (TPSA) is 56.7 Å². The highest BCUT2D eigenvalue weighted by atomic mass is 79.9. The Morgan fingerprint density at radius 2 is 2.16 bits per heavy atom. The zero-order chi connectivity index (χ0) is 17.6. The van der Waals surface area contributed by atoms with Crippen molar-refractivity contribution in [1.82, 2.24) is 19.9 Å². The summed E-state index contributed by atoms with van der Waals surface area (Å²) in [6.07, 6.45) is -2.40. The van der Waals surface area contributed by atoms with E-state index in [4.69, 9.17) is 4.52 Å². The normalized spacial score (nSPS) is 15.0. The molecule has 0 N–H and O–H groups in total. The molecule has 3 aromatic rings. The summed E-state index contributed by atoms with van der Waals surface area (Å²) >= 11 is 4.57. The number of halogens is 4. The molecule has 132 valence electrons. The molecule has 0 bridgehead atoms. The maximum Gasteiger partial charge on any atom is 0.436 e. The summed E-state index contributed by atoms with van der Waals surface area (Å²) in [6.45, 7) is 0.257. The molecule has 0 radical (unpaired) electrons. The minimum absolute atomic E-state index is 0.0484. The van der Waals surface area contributed by atoms with Crippen LogP contribution in [0.3, 0.4) is 0 Å². The Bertz CT molecular complexity index is 883. The van der Waals surface area contributed by atoms with Crippen molar-refractivity contribution in [2.45, 2.75) is 37.9 Å². The van der Waals surface area contributed by atoms with Crippen LogP contribution in [0.5, 0.6) is 0 Å². The fraction of sp³-hybridized carbons (Fsp3) is 0.400. The van der Waals surface area contributed by atoms with Crippen LogP contribution in [0.15, 0.2) is 26.5 Å². The van der Waals surface area contributed by atoms with E-state index < -0.39 is 11.9 Å². The fourth-order valence-corrected chi connectivity index (χ4v) is 4.10. The summed E-state index contributed by atoms with van der Waals surface area (Å²) in [7, 11) is 0. The first-order valence-corrected chi connectivity index (χ1v) is 9.30. The molecule has 1 fully saturated rings. The third-order valence-electron chi connectivity index (χ3n) is 3.91. The molecule has 0 spiro atoms. The van der Waals surface area contributed by atoms with Gasteiger partial charge in [-0.1, -0.05) is 11.2 Å². The van der Waals surface area contributed by atoms with Gasteiger partial charge in [0.15, 0.2) is 5.69 Å². The van der Waals surface area contributed by atoms with E-state index in [0.717, 1.165) is 17.7 Å². The van der Waals surface area contributed by atoms with Crippen LogP contribution in [0.1, 0.15) is 36.0 Å². The first-order valence-electron chi connectivity index (χ1n) is 7.63. The number of aromatic nitrogens is 4. The zero-order valence-electron chi connectivity index (χ0n) is 12.8. The number of hydrogen-bond donors (Lipinski definition) is 0. The van der Waals surface area contributed by atoms with Gasteiger partial charge in [-0.05, 0) is 40.2 Å². The van der Waals surface area contributed by atoms with Gasteiger partial charge in [0.25, 0.3) is 0 Å². The van der Waals surface area contributed by atoms with Crippen LogP contribution < -0.4 is 0 Å². The van der Waals surface area contributed by atoms with Crippen LogP contribution in [-0.2, 0) is 19.1 Å². The van der Waals surface area contributed by atoms with Gasteiger partial charge < -0.3 is 4.52 Å². The standard InChI is InChI=1S/C15H12BrF3N4OS/c16-11-12(8-3-4-8)23(21-13(11)15(17,18)19)6-5-10-20-14(22-24-10)9-2-1-7-25-9/h1-2,7-8H,3-6H2. The third-order valence-corrected chi connectivity index (χ3v) is 5.56. The van der Waals surface area contributed by atoms with Gasteiger partial charge >= 0.3 is 6.18 Å². The molecule has 1 aliphatic carbocycles. The van der Waals surface area contributed by atoms with E-state index in [1.54, 1.807) is 0 Å². The summed E-state index contributed by atoms with van der Waals surface area (Å²) < 4.78 is 46.0. The number of hydrogen-bond acceptors (Lipinski definition) is 5. The Kier molecular flexibility index (Phi) is 4.19. The predicted molar refractivity (Wildman–Crippen MR) is 88.2 cm³/mol. The number of alkyl halides is 3. The van der Waals surface area contributed by atoms with E-state index >= 15 is 0 Å². The second kappa shape index (κ2) is 6.24. The largest absolute Gasteiger partial charge is 0.436 e. The Morgan fingerprint density at radius 3 is 2.80 bits per heavy atom. The second-order valence-corrected chi connectivity index (χ2v) is 7.52. The average molecular weight is 433 g/mol. The lowest BCUT2D eigenvalue weighted by Crippen LogP contribution is -2.10. The molecule has 25 heavy (non-hydrogen) atoms. The summed E-state index contributed by atoms with van der Waals surface area (Å²) in [6, 6.07) is 3.77. The molecule has 3 aromatic heterocycles. The van der Waals surface area contributed by atoms with Crippen molar-refractivity contribution in [1.29, 1.82) is 0 Å². The lowest BCUT2D eigenvalue weighted by molar-refractivity contribution is -0.142. The molecule has 0 amide bonds. The van der Waals surface area contributed by atoms with Gasteiger partial charge in [-0.3, -0.25) is 4.68 Å². The molecule has 1 aliphatic rings. The second-order valence-electron chi connectivity index (χ2n) is 5.78. The SMILES string of the molecule is FC(F)(F)c1nn(CCc2nc(-c3cccs3)no2)c(C2CC2)c1Br. The lowest BCUT2D eigenvalue weighted by atomic mass is 10.2. The molecule has 0 aliphatic heterocycles. The van der Waals surface area contributed by atoms with Gasteiger partial charge in [-0.25, -0.2) is 0 Å². The van der Waals surface area contributed by atoms with E-state index in [9.17, 15) is 13.2 Å². The van der Waals surface area contributed by atoms with Gasteiger partial charge in [0.05, 0.1) is 21.6 Å². The van der Waals surface area contributed by atoms with Crippen molar-refractivity contribution in [3.8, 4) is 10.7 Å². The predicted octanol–water partition coefficient (Wildman–Crippen LogP) is 4.90. The van der Waals surface area contributed by atoms with Crippen molar-refractivity contribution in [3.63, 3.8) is 0 Å². The Hall–Kier alpha value is -1.68. The van der Waals surface area contributed by atoms with Crippen LogP contribution in [0, 0.1) is 0 Å². The van der Waals surface area contributed by atoms with Crippen molar-refractivity contribution < 1.29 is 17.7 Å². The highest BCUT2D eigenvalue weighted by molar-refractivity contribution is 9.10. The van der Waals surface area contributed by atoms with Gasteiger partial charge in [0.2, 0.25) is 11.7 Å². The monoisotopic (exact) mass is 432 g/mol. The first-order chi connectivity index (χ1) is 11.9. The van der Waals surface area contributed by atoms with E-state index in [1.807, 2.05) is 17.5 Å². The Balaban J connectivity index is 1.55. The third kappa shape index (κ3) is 3.37. The van der Waals surface area contributed by atoms with E-state index in [0.29, 0.717) is 23.8 Å². The maximum absolute atomic E-state index is 13.1. The summed E-state index contributed by atoms with van der Waals surface area (Å²) in [5.41, 5.74) is -0.274. The van der Waals surface area contributed by atoms with Crippen LogP contribution in [-0.4, -0.2) is 19.9 Å². The van der Waals surface area contributed by atoms with Crippen molar-refractivity contribution in [2.24, 2.45) is 0 Å². The summed E-state index contributed by atoms with van der Waals surface area (Å²) in [4.78, 5) is 5.18. The molecule has 0 saturated heterocycles. The molecule has 0 atom stereocenters. The van der Waals surface area contributed by atoms with E-state index in [-0.39, 0.29) is 16.9 Å². The molecule has 0 unspecified atom stereocenters. The van der Waals surface area contributed by atoms with Crippen LogP contribution >= 0.6 is 27.3 Å². The van der Waals surface area contributed by atoms with Gasteiger partial charge in [0.1, 0.15) is 0 Å². The molecule has 5 nitrogen and oxygen atoms in total. The molecular weight excluding hydrogens is 421 g/mol. The summed E-state index contributed by atoms with van der Waals surface area (Å²) in [5.74, 6) is 0.998. The lowest BCUT2D eigenvalue weighted by Gasteiger charge is -2.04. The molecule has 0 aromatic carbocycles. The quantitative estimate of drug-likeness (QED) is 0.575. The maximum atomic E-state index is 13.1. The van der Waals surface area contributed by atoms with Crippen LogP contribution in [0.2, 0.25) is 0 Å². The zero-order valence-corrected chi connectivity index (χ0v) is 15.2. The smallest absolute Gasteiger partial charge is 0.339 e. The van der Waals surface area contributed by atoms with E-state index in [1.165, 1.54) is 16.0 Å². The van der Waals surface area contributed by atoms with Crippen molar-refractivity contribution in [3.05, 3.63) is 39.3 Å². The molecule has 10 heteroatoms. The molecule has 1 saturated carbocycles. The minimum Gasteiger partial charge on any atom is -0.339 e. The van der Waals surface area contributed by atoms with Gasteiger partial charge in [0, 0.05) is 12.3 Å². The minimum atomic E-state index is -4.48. The number of rotatable bonds is 5. The molecule has 3 heterocycles.